The van der Waals surface area contributed by atoms with Gasteiger partial charge in [0, 0.05) is 29.7 Å². The summed E-state index contributed by atoms with van der Waals surface area (Å²) in [6.45, 7) is 0. The SMILES string of the molecule is CN1C(=O)/C(=C2\C(=O)N(C)c3ccc(Br)cc32)c2ccccc21. The lowest BCUT2D eigenvalue weighted by Crippen LogP contribution is -2.24. The molecule has 2 amide bonds. The van der Waals surface area contributed by atoms with E-state index in [2.05, 4.69) is 15.9 Å². The van der Waals surface area contributed by atoms with E-state index in [4.69, 9.17) is 0 Å². The zero-order chi connectivity index (χ0) is 16.3. The molecule has 2 aliphatic heterocycles. The summed E-state index contributed by atoms with van der Waals surface area (Å²) >= 11 is 3.45. The lowest BCUT2D eigenvalue weighted by atomic mass is 9.96. The van der Waals surface area contributed by atoms with Crippen LogP contribution in [0.4, 0.5) is 11.4 Å². The van der Waals surface area contributed by atoms with Crippen LogP contribution in [-0.4, -0.2) is 25.9 Å². The number of benzene rings is 2. The van der Waals surface area contributed by atoms with Crippen molar-refractivity contribution in [3.05, 3.63) is 58.1 Å². The summed E-state index contributed by atoms with van der Waals surface area (Å²) in [5.41, 5.74) is 4.21. The molecule has 0 saturated carbocycles. The maximum Gasteiger partial charge on any atom is 0.259 e. The van der Waals surface area contributed by atoms with Crippen molar-refractivity contribution in [1.29, 1.82) is 0 Å². The second-order valence-corrected chi connectivity index (χ2v) is 6.57. The van der Waals surface area contributed by atoms with Gasteiger partial charge in [-0.2, -0.15) is 0 Å². The minimum absolute atomic E-state index is 0.143. The number of fused-ring (bicyclic) bond motifs is 2. The van der Waals surface area contributed by atoms with Crippen LogP contribution >= 0.6 is 15.9 Å². The quantitative estimate of drug-likeness (QED) is 0.669. The number of hydrogen-bond acceptors (Lipinski definition) is 2. The van der Waals surface area contributed by atoms with E-state index in [0.717, 1.165) is 27.0 Å². The van der Waals surface area contributed by atoms with Crippen LogP contribution in [0.25, 0.3) is 11.1 Å². The molecule has 114 valence electrons. The van der Waals surface area contributed by atoms with Gasteiger partial charge in [0.25, 0.3) is 11.8 Å². The van der Waals surface area contributed by atoms with Crippen molar-refractivity contribution in [2.75, 3.05) is 23.9 Å². The van der Waals surface area contributed by atoms with E-state index in [1.165, 1.54) is 0 Å². The van der Waals surface area contributed by atoms with Gasteiger partial charge in [0.1, 0.15) is 0 Å². The third kappa shape index (κ3) is 1.83. The summed E-state index contributed by atoms with van der Waals surface area (Å²) in [6, 6.07) is 13.2. The molecule has 0 radical (unpaired) electrons. The Morgan fingerprint density at radius 2 is 1.35 bits per heavy atom. The number of likely N-dealkylation sites (N-methyl/N-ethyl adjacent to an activating group) is 2. The molecule has 4 nitrogen and oxygen atoms in total. The molecule has 0 saturated heterocycles. The second kappa shape index (κ2) is 4.80. The number of amides is 2. The summed E-state index contributed by atoms with van der Waals surface area (Å²) in [5.74, 6) is -0.290. The average Bonchev–Trinajstić information content (AvgIpc) is 2.93. The molecule has 0 aromatic heterocycles. The number of hydrogen-bond donors (Lipinski definition) is 0. The van der Waals surface area contributed by atoms with Gasteiger partial charge < -0.3 is 9.80 Å². The van der Waals surface area contributed by atoms with Crippen molar-refractivity contribution in [3.63, 3.8) is 0 Å². The number of anilines is 2. The normalized spacial score (nSPS) is 19.4. The van der Waals surface area contributed by atoms with Gasteiger partial charge in [-0.3, -0.25) is 9.59 Å². The van der Waals surface area contributed by atoms with Crippen molar-refractivity contribution in [2.45, 2.75) is 0 Å². The van der Waals surface area contributed by atoms with Gasteiger partial charge in [-0.05, 0) is 24.3 Å². The van der Waals surface area contributed by atoms with E-state index < -0.39 is 0 Å². The van der Waals surface area contributed by atoms with E-state index >= 15 is 0 Å². The van der Waals surface area contributed by atoms with Crippen LogP contribution in [0.15, 0.2) is 46.9 Å². The standard InChI is InChI=1S/C18H13BrN2O2/c1-20-13-6-4-3-5-11(13)15(17(20)22)16-12-9-10(19)7-8-14(12)21(2)18(16)23/h3-9H,1-2H3/b16-15-. The molecular formula is C18H13BrN2O2. The fourth-order valence-corrected chi connectivity index (χ4v) is 3.61. The van der Waals surface area contributed by atoms with E-state index in [1.54, 1.807) is 23.9 Å². The molecule has 2 aliphatic rings. The molecule has 5 heteroatoms. The Balaban J connectivity index is 2.08. The molecule has 0 N–H and O–H groups in total. The molecule has 23 heavy (non-hydrogen) atoms. The van der Waals surface area contributed by atoms with Gasteiger partial charge in [-0.15, -0.1) is 0 Å². The van der Waals surface area contributed by atoms with Crippen LogP contribution < -0.4 is 9.80 Å². The van der Waals surface area contributed by atoms with Gasteiger partial charge in [-0.1, -0.05) is 34.1 Å². The first kappa shape index (κ1) is 14.2. The lowest BCUT2D eigenvalue weighted by Gasteiger charge is -2.09. The average molecular weight is 369 g/mol. The summed E-state index contributed by atoms with van der Waals surface area (Å²) in [5, 5.41) is 0. The van der Waals surface area contributed by atoms with Gasteiger partial charge >= 0.3 is 0 Å². The summed E-state index contributed by atoms with van der Waals surface area (Å²) in [4.78, 5) is 28.8. The maximum absolute atomic E-state index is 12.8. The highest BCUT2D eigenvalue weighted by atomic mass is 79.9. The minimum atomic E-state index is -0.147. The van der Waals surface area contributed by atoms with Crippen molar-refractivity contribution in [2.24, 2.45) is 0 Å². The Bertz CT molecular complexity index is 917. The van der Waals surface area contributed by atoms with Gasteiger partial charge in [0.2, 0.25) is 0 Å². The topological polar surface area (TPSA) is 40.6 Å². The van der Waals surface area contributed by atoms with Crippen molar-refractivity contribution >= 4 is 50.3 Å². The number of nitrogens with zero attached hydrogens (tertiary/aromatic N) is 2. The van der Waals surface area contributed by atoms with Crippen LogP contribution in [0.3, 0.4) is 0 Å². The second-order valence-electron chi connectivity index (χ2n) is 5.66. The largest absolute Gasteiger partial charge is 0.311 e. The first-order valence-corrected chi connectivity index (χ1v) is 7.99. The van der Waals surface area contributed by atoms with E-state index in [0.29, 0.717) is 11.1 Å². The summed E-state index contributed by atoms with van der Waals surface area (Å²) < 4.78 is 0.879. The fourth-order valence-electron chi connectivity index (χ4n) is 3.25. The maximum atomic E-state index is 12.8. The third-order valence-electron chi connectivity index (χ3n) is 4.41. The molecule has 0 spiro atoms. The predicted molar refractivity (Wildman–Crippen MR) is 94.2 cm³/mol. The zero-order valence-corrected chi connectivity index (χ0v) is 14.2. The van der Waals surface area contributed by atoms with Crippen molar-refractivity contribution in [3.8, 4) is 0 Å². The van der Waals surface area contributed by atoms with Crippen LogP contribution in [0.1, 0.15) is 11.1 Å². The van der Waals surface area contributed by atoms with Gasteiger partial charge in [-0.25, -0.2) is 0 Å². The molecule has 0 fully saturated rings. The van der Waals surface area contributed by atoms with E-state index in [-0.39, 0.29) is 11.8 Å². The first-order valence-electron chi connectivity index (χ1n) is 7.20. The Labute approximate surface area is 142 Å². The third-order valence-corrected chi connectivity index (χ3v) is 4.90. The number of para-hydroxylation sites is 1. The minimum Gasteiger partial charge on any atom is -0.311 e. The molecule has 0 atom stereocenters. The highest BCUT2D eigenvalue weighted by molar-refractivity contribution is 9.10. The predicted octanol–water partition coefficient (Wildman–Crippen LogP) is 3.31. The Morgan fingerprint density at radius 3 is 2.04 bits per heavy atom. The van der Waals surface area contributed by atoms with Gasteiger partial charge in [0.15, 0.2) is 0 Å². The van der Waals surface area contributed by atoms with Crippen molar-refractivity contribution in [1.82, 2.24) is 0 Å². The number of rotatable bonds is 0. The molecule has 0 bridgehead atoms. The molecule has 0 unspecified atom stereocenters. The highest BCUT2D eigenvalue weighted by Gasteiger charge is 2.39. The monoisotopic (exact) mass is 368 g/mol. The Kier molecular flexibility index (Phi) is 2.96. The van der Waals surface area contributed by atoms with Crippen molar-refractivity contribution < 1.29 is 9.59 Å². The van der Waals surface area contributed by atoms with Crippen LogP contribution in [-0.2, 0) is 9.59 Å². The zero-order valence-electron chi connectivity index (χ0n) is 12.6. The molecular weight excluding hydrogens is 356 g/mol. The molecule has 2 heterocycles. The molecule has 4 rings (SSSR count). The number of halogens is 1. The first-order chi connectivity index (χ1) is 11.0. The van der Waals surface area contributed by atoms with Crippen LogP contribution in [0.2, 0.25) is 0 Å². The number of carbonyl (C=O) groups excluding carboxylic acids is 2. The smallest absolute Gasteiger partial charge is 0.259 e. The summed E-state index contributed by atoms with van der Waals surface area (Å²) in [6.07, 6.45) is 0. The van der Waals surface area contributed by atoms with Crippen LogP contribution in [0, 0.1) is 0 Å². The lowest BCUT2D eigenvalue weighted by molar-refractivity contribution is -0.114. The molecule has 2 aromatic rings. The Morgan fingerprint density at radius 1 is 0.783 bits per heavy atom. The Hall–Kier alpha value is -2.40. The molecule has 2 aromatic carbocycles. The van der Waals surface area contributed by atoms with E-state index in [9.17, 15) is 9.59 Å². The number of carbonyl (C=O) groups is 2. The molecule has 0 aliphatic carbocycles. The highest BCUT2D eigenvalue weighted by Crippen LogP contribution is 2.46. The fraction of sp³-hybridized carbons (Fsp3) is 0.111. The van der Waals surface area contributed by atoms with Crippen LogP contribution in [0.5, 0.6) is 0 Å². The summed E-state index contributed by atoms with van der Waals surface area (Å²) in [7, 11) is 3.47. The van der Waals surface area contributed by atoms with E-state index in [1.807, 2.05) is 42.5 Å². The van der Waals surface area contributed by atoms with Gasteiger partial charge in [0.05, 0.1) is 22.5 Å².